The Kier molecular flexibility index (Phi) is 5.83. The van der Waals surface area contributed by atoms with Crippen molar-refractivity contribution in [3.63, 3.8) is 0 Å². The number of nitrogens with zero attached hydrogens (tertiary/aromatic N) is 4. The molecule has 2 aliphatic carbocycles. The smallest absolute Gasteiger partial charge is 0.256 e. The first-order chi connectivity index (χ1) is 17.4. The van der Waals surface area contributed by atoms with E-state index in [0.29, 0.717) is 0 Å². The average Bonchev–Trinajstić information content (AvgIpc) is 3.59. The quantitative estimate of drug-likeness (QED) is 0.227. The van der Waals surface area contributed by atoms with Crippen LogP contribution in [0.2, 0.25) is 0 Å². The molecule has 1 aromatic carbocycles. The molecule has 0 saturated heterocycles. The molecule has 4 heteroatoms. The first-order valence-corrected chi connectivity index (χ1v) is 14.7. The highest BCUT2D eigenvalue weighted by atomic mass is 15.2. The largest absolute Gasteiger partial charge is 0.299 e. The van der Waals surface area contributed by atoms with E-state index >= 15 is 0 Å². The molecule has 0 radical (unpaired) electrons. The summed E-state index contributed by atoms with van der Waals surface area (Å²) in [5.41, 5.74) is 10.8. The minimum atomic E-state index is -0.113. The molecule has 4 heterocycles. The Hall–Kier alpha value is -2.49. The summed E-state index contributed by atoms with van der Waals surface area (Å²) in [6, 6.07) is 4.82. The number of rotatable bonds is 0. The summed E-state index contributed by atoms with van der Waals surface area (Å²) >= 11 is 0. The fourth-order valence-electron chi connectivity index (χ4n) is 7.27. The van der Waals surface area contributed by atoms with Crippen LogP contribution in [0.3, 0.4) is 0 Å². The third-order valence-corrected chi connectivity index (χ3v) is 8.70. The van der Waals surface area contributed by atoms with Gasteiger partial charge in [0, 0.05) is 22.5 Å². The molecule has 1 saturated carbocycles. The highest BCUT2D eigenvalue weighted by Gasteiger charge is 2.51. The highest BCUT2D eigenvalue weighted by molar-refractivity contribution is 6.00. The van der Waals surface area contributed by atoms with Gasteiger partial charge in [-0.2, -0.15) is 4.40 Å². The van der Waals surface area contributed by atoms with Crippen molar-refractivity contribution in [1.82, 2.24) is 14.4 Å². The molecular formula is C33H47N4+. The molecule has 4 aromatic rings. The van der Waals surface area contributed by atoms with Gasteiger partial charge in [0.1, 0.15) is 5.54 Å². The number of pyridine rings is 1. The molecule has 1 fully saturated rings. The van der Waals surface area contributed by atoms with Crippen LogP contribution in [-0.4, -0.2) is 14.4 Å². The molecular weight excluding hydrogens is 452 g/mol. The Balaban J connectivity index is 0.000000670. The molecule has 3 aliphatic rings. The van der Waals surface area contributed by atoms with Gasteiger partial charge in [0.25, 0.3) is 5.65 Å². The lowest BCUT2D eigenvalue weighted by Gasteiger charge is -2.26. The van der Waals surface area contributed by atoms with Crippen molar-refractivity contribution in [2.24, 2.45) is 0 Å². The van der Waals surface area contributed by atoms with Gasteiger partial charge in [0.2, 0.25) is 5.82 Å². The number of fused-ring (bicyclic) bond motifs is 9. The van der Waals surface area contributed by atoms with Crippen LogP contribution < -0.4 is 4.57 Å². The van der Waals surface area contributed by atoms with Crippen molar-refractivity contribution >= 4 is 27.6 Å². The van der Waals surface area contributed by atoms with E-state index in [9.17, 15) is 0 Å². The number of hydrogen-bond acceptors (Lipinski definition) is 2. The Morgan fingerprint density at radius 3 is 2.19 bits per heavy atom. The fourth-order valence-corrected chi connectivity index (χ4v) is 7.27. The maximum atomic E-state index is 5.41. The molecule has 3 aromatic heterocycles. The van der Waals surface area contributed by atoms with Gasteiger partial charge in [-0.25, -0.2) is 9.55 Å². The summed E-state index contributed by atoms with van der Waals surface area (Å²) < 4.78 is 5.06. The van der Waals surface area contributed by atoms with Crippen molar-refractivity contribution in [3.05, 3.63) is 46.5 Å². The van der Waals surface area contributed by atoms with Crippen LogP contribution in [0.15, 0.2) is 18.3 Å². The minimum absolute atomic E-state index is 0.00597. The predicted molar refractivity (Wildman–Crippen MR) is 156 cm³/mol. The number of benzene rings is 1. The number of aromatic nitrogens is 4. The molecule has 2 atom stereocenters. The van der Waals surface area contributed by atoms with E-state index in [2.05, 4.69) is 82.7 Å². The topological polar surface area (TPSA) is 34.1 Å². The van der Waals surface area contributed by atoms with Crippen molar-refractivity contribution in [1.29, 1.82) is 0 Å². The average molecular weight is 500 g/mol. The molecule has 2 unspecified atom stereocenters. The Labute approximate surface area is 223 Å². The predicted octanol–water partition coefficient (Wildman–Crippen LogP) is 8.43. The molecule has 0 amide bonds. The molecule has 198 valence electrons. The van der Waals surface area contributed by atoms with E-state index in [1.165, 1.54) is 46.8 Å². The van der Waals surface area contributed by atoms with E-state index in [0.717, 1.165) is 23.4 Å². The highest BCUT2D eigenvalue weighted by Crippen LogP contribution is 2.58. The van der Waals surface area contributed by atoms with Gasteiger partial charge in [0.15, 0.2) is 11.0 Å². The second-order valence-electron chi connectivity index (χ2n) is 13.4. The third kappa shape index (κ3) is 3.36. The lowest BCUT2D eigenvalue weighted by molar-refractivity contribution is -0.695. The zero-order valence-corrected chi connectivity index (χ0v) is 25.3. The van der Waals surface area contributed by atoms with Crippen molar-refractivity contribution in [2.75, 3.05) is 0 Å². The van der Waals surface area contributed by atoms with Crippen molar-refractivity contribution in [2.45, 2.75) is 131 Å². The van der Waals surface area contributed by atoms with Crippen LogP contribution >= 0.6 is 0 Å². The monoisotopic (exact) mass is 499 g/mol. The Morgan fingerprint density at radius 1 is 0.919 bits per heavy atom. The van der Waals surface area contributed by atoms with Crippen LogP contribution in [0.25, 0.3) is 27.6 Å². The molecule has 4 nitrogen and oxygen atoms in total. The standard InChI is InChI=1S/C29H35N4.2C2H6/c1-27(2,3)21-13-19-20(14-30-21)32-25-23-18(31-26(32)28(4,5)6)12-17-15-9-10-16(11-15)22(17)24(23)29(7,8)33(19)25;2*1-2/h12-16H,9-11H2,1-8H3;2*1-2H3/q+1;;. The van der Waals surface area contributed by atoms with Crippen molar-refractivity contribution in [3.8, 4) is 0 Å². The van der Waals surface area contributed by atoms with Gasteiger partial charge in [-0.15, -0.1) is 0 Å². The lowest BCUT2D eigenvalue weighted by atomic mass is 9.80. The first kappa shape index (κ1) is 26.1. The maximum Gasteiger partial charge on any atom is 0.299 e. The molecule has 0 spiro atoms. The van der Waals surface area contributed by atoms with Gasteiger partial charge in [-0.3, -0.25) is 4.98 Å². The lowest BCUT2D eigenvalue weighted by Crippen LogP contribution is -2.50. The summed E-state index contributed by atoms with van der Waals surface area (Å²) in [4.78, 5) is 10.4. The molecule has 1 aliphatic heterocycles. The van der Waals surface area contributed by atoms with Gasteiger partial charge in [-0.05, 0) is 62.1 Å². The minimum Gasteiger partial charge on any atom is -0.256 e. The summed E-state index contributed by atoms with van der Waals surface area (Å²) in [6.07, 6.45) is 6.13. The van der Waals surface area contributed by atoms with E-state index < -0.39 is 0 Å². The summed E-state index contributed by atoms with van der Waals surface area (Å²) in [6.45, 7) is 26.5. The fraction of sp³-hybridized carbons (Fsp3) is 0.606. The van der Waals surface area contributed by atoms with Crippen LogP contribution in [0.4, 0.5) is 0 Å². The first-order valence-electron chi connectivity index (χ1n) is 14.7. The van der Waals surface area contributed by atoms with Gasteiger partial charge >= 0.3 is 0 Å². The van der Waals surface area contributed by atoms with Crippen LogP contribution in [0.5, 0.6) is 0 Å². The second kappa shape index (κ2) is 8.25. The van der Waals surface area contributed by atoms with E-state index in [1.54, 1.807) is 16.7 Å². The molecule has 0 N–H and O–H groups in total. The number of imidazole rings is 1. The van der Waals surface area contributed by atoms with Gasteiger partial charge in [-0.1, -0.05) is 69.2 Å². The van der Waals surface area contributed by atoms with Crippen LogP contribution in [0, 0.1) is 0 Å². The normalized spacial score (nSPS) is 20.9. The van der Waals surface area contributed by atoms with E-state index in [-0.39, 0.29) is 16.4 Å². The van der Waals surface area contributed by atoms with Crippen LogP contribution in [-0.2, 0) is 16.4 Å². The Morgan fingerprint density at radius 2 is 1.57 bits per heavy atom. The van der Waals surface area contributed by atoms with E-state index in [1.807, 2.05) is 27.7 Å². The van der Waals surface area contributed by atoms with Gasteiger partial charge in [0.05, 0.1) is 22.8 Å². The number of hydrogen-bond donors (Lipinski definition) is 0. The van der Waals surface area contributed by atoms with Crippen LogP contribution in [0.1, 0.15) is 142 Å². The van der Waals surface area contributed by atoms with E-state index in [4.69, 9.17) is 9.97 Å². The summed E-state index contributed by atoms with van der Waals surface area (Å²) in [5, 5.41) is 1.38. The third-order valence-electron chi connectivity index (χ3n) is 8.70. The zero-order chi connectivity index (χ0) is 27.2. The Bertz CT molecular complexity index is 1540. The molecule has 7 rings (SSSR count). The van der Waals surface area contributed by atoms with Crippen molar-refractivity contribution < 1.29 is 4.57 Å². The maximum absolute atomic E-state index is 5.41. The molecule has 37 heavy (non-hydrogen) atoms. The summed E-state index contributed by atoms with van der Waals surface area (Å²) in [5.74, 6) is 2.59. The SMILES string of the molecule is CC.CC.CC(C)(C)c1cc2c(cn1)n1c(C(C)(C)C)nc3cc4c(c5c3c1[n+]2C5(C)C)C1CCC4C1. The zero-order valence-electron chi connectivity index (χ0n) is 25.3. The summed E-state index contributed by atoms with van der Waals surface area (Å²) in [7, 11) is 0. The molecule has 2 bridgehead atoms. The second-order valence-corrected chi connectivity index (χ2v) is 13.4. The van der Waals surface area contributed by atoms with Gasteiger partial charge < -0.3 is 0 Å².